The summed E-state index contributed by atoms with van der Waals surface area (Å²) in [6.45, 7) is 6.94. The van der Waals surface area contributed by atoms with Gasteiger partial charge >= 0.3 is 0 Å². The minimum Gasteiger partial charge on any atom is -0.490 e. The molecule has 0 radical (unpaired) electrons. The largest absolute Gasteiger partial charge is 0.490 e. The monoisotopic (exact) mass is 364 g/mol. The molecule has 140 valence electrons. The molecule has 3 rings (SSSR count). The summed E-state index contributed by atoms with van der Waals surface area (Å²) in [7, 11) is 0. The van der Waals surface area contributed by atoms with Crippen LogP contribution in [-0.2, 0) is 6.54 Å². The molecule has 0 saturated carbocycles. The molecule has 1 aromatic heterocycles. The van der Waals surface area contributed by atoms with E-state index in [1.165, 1.54) is 0 Å². The fourth-order valence-electron chi connectivity index (χ4n) is 3.53. The van der Waals surface area contributed by atoms with Gasteiger partial charge in [-0.3, -0.25) is 9.78 Å². The van der Waals surface area contributed by atoms with Crippen LogP contribution in [0.5, 0.6) is 5.75 Å². The van der Waals surface area contributed by atoms with Gasteiger partial charge in [0.1, 0.15) is 18.4 Å². The van der Waals surface area contributed by atoms with Crippen molar-refractivity contribution in [2.45, 2.75) is 39.3 Å². The fourth-order valence-corrected chi connectivity index (χ4v) is 3.53. The lowest BCUT2D eigenvalue weighted by Crippen LogP contribution is -2.43. The van der Waals surface area contributed by atoms with E-state index in [1.54, 1.807) is 24.4 Å². The number of amides is 1. The number of fused-ring (bicyclic) bond motifs is 1. The van der Waals surface area contributed by atoms with Crippen LogP contribution in [0.1, 0.15) is 48.8 Å². The van der Waals surface area contributed by atoms with E-state index < -0.39 is 5.54 Å². The van der Waals surface area contributed by atoms with Crippen LogP contribution in [-0.4, -0.2) is 23.0 Å². The first kappa shape index (κ1) is 18.9. The second-order valence-electron chi connectivity index (χ2n) is 7.73. The third kappa shape index (κ3) is 4.09. The summed E-state index contributed by atoms with van der Waals surface area (Å²) in [6.07, 6.45) is 2.50. The Hall–Kier alpha value is -2.91. The maximum atomic E-state index is 12.1. The van der Waals surface area contributed by atoms with Gasteiger partial charge in [0.2, 0.25) is 0 Å². The zero-order chi connectivity index (χ0) is 19.6. The first-order chi connectivity index (χ1) is 12.8. The SMILES string of the molecule is CC(C)CC(C)(N)COc1ccc(-c2ccnc3c2C(=O)NC3)cc1C#N. The molecule has 1 amide bonds. The molecule has 0 bridgehead atoms. The van der Waals surface area contributed by atoms with Crippen LogP contribution in [0.2, 0.25) is 0 Å². The van der Waals surface area contributed by atoms with Crippen LogP contribution in [0.4, 0.5) is 0 Å². The van der Waals surface area contributed by atoms with E-state index in [2.05, 4.69) is 30.2 Å². The Morgan fingerprint density at radius 3 is 2.89 bits per heavy atom. The molecular formula is C21H24N4O2. The maximum absolute atomic E-state index is 12.1. The fraction of sp³-hybridized carbons (Fsp3) is 0.381. The van der Waals surface area contributed by atoms with Gasteiger partial charge in [0.05, 0.1) is 23.4 Å². The quantitative estimate of drug-likeness (QED) is 0.820. The van der Waals surface area contributed by atoms with E-state index >= 15 is 0 Å². The summed E-state index contributed by atoms with van der Waals surface area (Å²) in [6, 6.07) is 9.33. The van der Waals surface area contributed by atoms with Crippen molar-refractivity contribution in [3.8, 4) is 22.9 Å². The number of ether oxygens (including phenoxy) is 1. The Bertz CT molecular complexity index is 913. The van der Waals surface area contributed by atoms with E-state index in [-0.39, 0.29) is 5.91 Å². The van der Waals surface area contributed by atoms with Crippen LogP contribution in [0.3, 0.4) is 0 Å². The number of benzene rings is 1. The third-order valence-electron chi connectivity index (χ3n) is 4.52. The molecule has 6 nitrogen and oxygen atoms in total. The third-order valence-corrected chi connectivity index (χ3v) is 4.52. The van der Waals surface area contributed by atoms with Crippen molar-refractivity contribution in [1.29, 1.82) is 5.26 Å². The van der Waals surface area contributed by atoms with Crippen molar-refractivity contribution >= 4 is 5.91 Å². The van der Waals surface area contributed by atoms with Gasteiger partial charge in [0.15, 0.2) is 0 Å². The predicted octanol–water partition coefficient (Wildman–Crippen LogP) is 3.01. The summed E-state index contributed by atoms with van der Waals surface area (Å²) in [4.78, 5) is 16.4. The molecule has 1 atom stereocenters. The van der Waals surface area contributed by atoms with E-state index in [4.69, 9.17) is 10.5 Å². The lowest BCUT2D eigenvalue weighted by atomic mass is 9.93. The average Bonchev–Trinajstić information content (AvgIpc) is 3.00. The summed E-state index contributed by atoms with van der Waals surface area (Å²) < 4.78 is 5.86. The molecule has 0 aliphatic carbocycles. The van der Waals surface area contributed by atoms with Gasteiger partial charge in [0.25, 0.3) is 5.91 Å². The number of nitrogens with one attached hydrogen (secondary N) is 1. The first-order valence-corrected chi connectivity index (χ1v) is 9.03. The van der Waals surface area contributed by atoms with Crippen molar-refractivity contribution in [2.24, 2.45) is 11.7 Å². The lowest BCUT2D eigenvalue weighted by Gasteiger charge is -2.26. The summed E-state index contributed by atoms with van der Waals surface area (Å²) >= 11 is 0. The molecule has 27 heavy (non-hydrogen) atoms. The number of pyridine rings is 1. The number of nitrogens with two attached hydrogens (primary N) is 1. The van der Waals surface area contributed by atoms with E-state index in [0.717, 1.165) is 23.2 Å². The molecule has 0 saturated heterocycles. The number of hydrogen-bond donors (Lipinski definition) is 2. The smallest absolute Gasteiger partial charge is 0.254 e. The molecule has 1 aromatic carbocycles. The molecule has 2 aromatic rings. The minimum atomic E-state index is -0.469. The van der Waals surface area contributed by atoms with Gasteiger partial charge in [-0.05, 0) is 48.6 Å². The maximum Gasteiger partial charge on any atom is 0.254 e. The van der Waals surface area contributed by atoms with Crippen molar-refractivity contribution in [3.63, 3.8) is 0 Å². The van der Waals surface area contributed by atoms with Gasteiger partial charge in [-0.25, -0.2) is 0 Å². The highest BCUT2D eigenvalue weighted by atomic mass is 16.5. The van der Waals surface area contributed by atoms with Crippen molar-refractivity contribution < 1.29 is 9.53 Å². The Morgan fingerprint density at radius 1 is 1.41 bits per heavy atom. The first-order valence-electron chi connectivity index (χ1n) is 9.03. The summed E-state index contributed by atoms with van der Waals surface area (Å²) in [5.41, 5.74) is 9.09. The Balaban J connectivity index is 1.88. The Kier molecular flexibility index (Phi) is 5.15. The number of nitriles is 1. The Morgan fingerprint density at radius 2 is 2.19 bits per heavy atom. The van der Waals surface area contributed by atoms with E-state index in [0.29, 0.717) is 35.9 Å². The van der Waals surface area contributed by atoms with Crippen LogP contribution < -0.4 is 15.8 Å². The highest BCUT2D eigenvalue weighted by molar-refractivity contribution is 6.04. The molecule has 2 heterocycles. The van der Waals surface area contributed by atoms with E-state index in [9.17, 15) is 10.1 Å². The van der Waals surface area contributed by atoms with Crippen molar-refractivity contribution in [2.75, 3.05) is 6.61 Å². The molecular weight excluding hydrogens is 340 g/mol. The molecule has 1 aliphatic rings. The number of carbonyl (C=O) groups is 1. The molecule has 0 fully saturated rings. The number of nitrogens with zero attached hydrogens (tertiary/aromatic N) is 2. The standard InChI is InChI=1S/C21H24N4O2/c1-13(2)9-21(3,23)12-27-18-5-4-14(8-15(18)10-22)16-6-7-24-17-11-25-20(26)19(16)17/h4-8,13H,9,11-12,23H2,1-3H3,(H,25,26). The second-order valence-corrected chi connectivity index (χ2v) is 7.73. The zero-order valence-corrected chi connectivity index (χ0v) is 15.9. The normalized spacial score (nSPS) is 15.0. The molecule has 1 aliphatic heterocycles. The topological polar surface area (TPSA) is 101 Å². The van der Waals surface area contributed by atoms with Crippen LogP contribution in [0, 0.1) is 17.2 Å². The van der Waals surface area contributed by atoms with Gasteiger partial charge in [0, 0.05) is 11.7 Å². The van der Waals surface area contributed by atoms with Gasteiger partial charge in [-0.2, -0.15) is 5.26 Å². The van der Waals surface area contributed by atoms with Crippen molar-refractivity contribution in [1.82, 2.24) is 10.3 Å². The lowest BCUT2D eigenvalue weighted by molar-refractivity contribution is 0.0966. The van der Waals surface area contributed by atoms with E-state index in [1.807, 2.05) is 13.0 Å². The molecule has 1 unspecified atom stereocenters. The van der Waals surface area contributed by atoms with Gasteiger partial charge < -0.3 is 15.8 Å². The Labute approximate surface area is 159 Å². The number of rotatable bonds is 6. The highest BCUT2D eigenvalue weighted by Crippen LogP contribution is 2.31. The molecule has 3 N–H and O–H groups in total. The summed E-state index contributed by atoms with van der Waals surface area (Å²) in [5, 5.41) is 12.3. The van der Waals surface area contributed by atoms with Crippen LogP contribution in [0.15, 0.2) is 30.5 Å². The van der Waals surface area contributed by atoms with Crippen LogP contribution in [0.25, 0.3) is 11.1 Å². The minimum absolute atomic E-state index is 0.139. The second kappa shape index (κ2) is 7.37. The average molecular weight is 364 g/mol. The number of aromatic nitrogens is 1. The van der Waals surface area contributed by atoms with Crippen molar-refractivity contribution in [3.05, 3.63) is 47.3 Å². The molecule has 6 heteroatoms. The van der Waals surface area contributed by atoms with Crippen LogP contribution >= 0.6 is 0 Å². The van der Waals surface area contributed by atoms with Gasteiger partial charge in [-0.15, -0.1) is 0 Å². The van der Waals surface area contributed by atoms with Gasteiger partial charge in [-0.1, -0.05) is 19.9 Å². The highest BCUT2D eigenvalue weighted by Gasteiger charge is 2.25. The number of hydrogen-bond acceptors (Lipinski definition) is 5. The summed E-state index contributed by atoms with van der Waals surface area (Å²) in [5.74, 6) is 0.817. The predicted molar refractivity (Wildman–Crippen MR) is 103 cm³/mol. The zero-order valence-electron chi connectivity index (χ0n) is 15.9. The number of carbonyl (C=O) groups excluding carboxylic acids is 1. The molecule has 0 spiro atoms.